The highest BCUT2D eigenvalue weighted by atomic mass is 16.5. The molecule has 6 heteroatoms. The molecule has 0 spiro atoms. The third kappa shape index (κ3) is 5.63. The summed E-state index contributed by atoms with van der Waals surface area (Å²) in [7, 11) is 3.22. The van der Waals surface area contributed by atoms with Crippen LogP contribution in [0, 0.1) is 5.92 Å². The van der Waals surface area contributed by atoms with Crippen molar-refractivity contribution in [1.82, 2.24) is 9.80 Å². The fraction of sp³-hybridized carbons (Fsp3) is 0.636. The zero-order chi connectivity index (χ0) is 20.5. The van der Waals surface area contributed by atoms with Crippen molar-refractivity contribution < 1.29 is 19.1 Å². The highest BCUT2D eigenvalue weighted by Crippen LogP contribution is 2.28. The van der Waals surface area contributed by atoms with Gasteiger partial charge >= 0.3 is 0 Å². The number of hydrogen-bond acceptors (Lipinski definition) is 4. The van der Waals surface area contributed by atoms with Crippen LogP contribution < -0.4 is 9.47 Å². The molecule has 0 saturated carbocycles. The van der Waals surface area contributed by atoms with E-state index >= 15 is 0 Å². The fourth-order valence-electron chi connectivity index (χ4n) is 3.73. The molecule has 1 aromatic carbocycles. The van der Waals surface area contributed by atoms with Gasteiger partial charge in [0.2, 0.25) is 11.8 Å². The Hall–Kier alpha value is -2.24. The molecule has 0 radical (unpaired) electrons. The first-order valence-corrected chi connectivity index (χ1v) is 10.3. The van der Waals surface area contributed by atoms with Crippen LogP contribution in [0.5, 0.6) is 11.5 Å². The highest BCUT2D eigenvalue weighted by molar-refractivity contribution is 5.79. The fourth-order valence-corrected chi connectivity index (χ4v) is 3.73. The van der Waals surface area contributed by atoms with E-state index in [4.69, 9.17) is 9.47 Å². The zero-order valence-electron chi connectivity index (χ0n) is 17.7. The number of ether oxygens (including phenoxy) is 2. The van der Waals surface area contributed by atoms with Crippen LogP contribution in [0.25, 0.3) is 0 Å². The molecule has 1 saturated heterocycles. The molecule has 1 aliphatic rings. The van der Waals surface area contributed by atoms with Crippen molar-refractivity contribution >= 4 is 11.8 Å². The smallest absolute Gasteiger partial charge is 0.225 e. The van der Waals surface area contributed by atoms with E-state index in [-0.39, 0.29) is 17.7 Å². The number of methoxy groups -OCH3 is 2. The van der Waals surface area contributed by atoms with Crippen molar-refractivity contribution in [2.45, 2.75) is 46.0 Å². The first-order chi connectivity index (χ1) is 13.5. The van der Waals surface area contributed by atoms with Crippen LogP contribution in [0.15, 0.2) is 18.2 Å². The van der Waals surface area contributed by atoms with Gasteiger partial charge < -0.3 is 19.3 Å². The van der Waals surface area contributed by atoms with Crippen LogP contribution in [0.3, 0.4) is 0 Å². The highest BCUT2D eigenvalue weighted by Gasteiger charge is 2.25. The Bertz CT molecular complexity index is 658. The molecule has 0 aromatic heterocycles. The van der Waals surface area contributed by atoms with Crippen LogP contribution in [0.1, 0.15) is 45.1 Å². The molecule has 28 heavy (non-hydrogen) atoms. The maximum atomic E-state index is 12.7. The van der Waals surface area contributed by atoms with Crippen LogP contribution in [0.4, 0.5) is 0 Å². The third-order valence-electron chi connectivity index (χ3n) is 5.57. The first-order valence-electron chi connectivity index (χ1n) is 10.3. The number of hydrogen-bond donors (Lipinski definition) is 0. The molecule has 6 nitrogen and oxygen atoms in total. The Morgan fingerprint density at radius 1 is 0.964 bits per heavy atom. The van der Waals surface area contributed by atoms with Gasteiger partial charge in [0, 0.05) is 38.5 Å². The van der Waals surface area contributed by atoms with E-state index in [0.717, 1.165) is 37.9 Å². The molecule has 0 aliphatic carbocycles. The monoisotopic (exact) mass is 390 g/mol. The van der Waals surface area contributed by atoms with Gasteiger partial charge in [0.15, 0.2) is 11.5 Å². The number of rotatable bonds is 8. The second kappa shape index (κ2) is 10.9. The Morgan fingerprint density at radius 3 is 2.25 bits per heavy atom. The Kier molecular flexibility index (Phi) is 8.61. The van der Waals surface area contributed by atoms with Gasteiger partial charge in [-0.15, -0.1) is 0 Å². The summed E-state index contributed by atoms with van der Waals surface area (Å²) in [4.78, 5) is 29.2. The van der Waals surface area contributed by atoms with Crippen molar-refractivity contribution in [3.8, 4) is 11.5 Å². The van der Waals surface area contributed by atoms with E-state index in [1.54, 1.807) is 14.2 Å². The normalized spacial score (nSPS) is 14.8. The van der Waals surface area contributed by atoms with Gasteiger partial charge in [-0.1, -0.05) is 19.9 Å². The Labute approximate surface area is 168 Å². The topological polar surface area (TPSA) is 59.1 Å². The Balaban J connectivity index is 1.89. The second-order valence-electron chi connectivity index (χ2n) is 7.26. The SMILES string of the molecule is CCC(CC)C(=O)N1CCCN(C(=O)CCc2ccc(OC)c(OC)c2)CC1. The minimum atomic E-state index is 0.104. The van der Waals surface area contributed by atoms with Gasteiger partial charge in [0.05, 0.1) is 14.2 Å². The lowest BCUT2D eigenvalue weighted by Gasteiger charge is -2.25. The average Bonchev–Trinajstić information content (AvgIpc) is 2.98. The van der Waals surface area contributed by atoms with E-state index < -0.39 is 0 Å². The summed E-state index contributed by atoms with van der Waals surface area (Å²) < 4.78 is 10.6. The molecular formula is C22H34N2O4. The summed E-state index contributed by atoms with van der Waals surface area (Å²) in [6, 6.07) is 5.75. The van der Waals surface area contributed by atoms with Gasteiger partial charge in [-0.05, 0) is 43.4 Å². The molecule has 0 unspecified atom stereocenters. The van der Waals surface area contributed by atoms with Crippen molar-refractivity contribution in [2.75, 3.05) is 40.4 Å². The predicted molar refractivity (Wildman–Crippen MR) is 110 cm³/mol. The predicted octanol–water partition coefficient (Wildman–Crippen LogP) is 3.13. The molecular weight excluding hydrogens is 356 g/mol. The van der Waals surface area contributed by atoms with E-state index in [0.29, 0.717) is 37.4 Å². The van der Waals surface area contributed by atoms with E-state index in [9.17, 15) is 9.59 Å². The number of nitrogens with zero attached hydrogens (tertiary/aromatic N) is 2. The van der Waals surface area contributed by atoms with Gasteiger partial charge in [-0.25, -0.2) is 0 Å². The lowest BCUT2D eigenvalue weighted by Crippen LogP contribution is -2.39. The van der Waals surface area contributed by atoms with Crippen LogP contribution >= 0.6 is 0 Å². The molecule has 156 valence electrons. The number of aryl methyl sites for hydroxylation is 1. The lowest BCUT2D eigenvalue weighted by molar-refractivity contribution is -0.136. The van der Waals surface area contributed by atoms with Gasteiger partial charge in [-0.3, -0.25) is 9.59 Å². The summed E-state index contributed by atoms with van der Waals surface area (Å²) in [5, 5.41) is 0. The third-order valence-corrected chi connectivity index (χ3v) is 5.57. The quantitative estimate of drug-likeness (QED) is 0.684. The molecule has 1 aliphatic heterocycles. The molecule has 0 atom stereocenters. The standard InChI is InChI=1S/C22H34N2O4/c1-5-18(6-2)22(26)24-13-7-12-23(14-15-24)21(25)11-9-17-8-10-19(27-3)20(16-17)28-4/h8,10,16,18H,5-7,9,11-15H2,1-4H3. The Morgan fingerprint density at radius 2 is 1.61 bits per heavy atom. The number of carbonyl (C=O) groups is 2. The molecule has 2 rings (SSSR count). The molecule has 1 aromatic rings. The molecule has 0 bridgehead atoms. The van der Waals surface area contributed by atoms with Crippen molar-refractivity contribution in [1.29, 1.82) is 0 Å². The largest absolute Gasteiger partial charge is 0.493 e. The molecule has 2 amide bonds. The van der Waals surface area contributed by atoms with Gasteiger partial charge in [-0.2, -0.15) is 0 Å². The first kappa shape index (κ1) is 22.1. The van der Waals surface area contributed by atoms with Crippen LogP contribution in [-0.4, -0.2) is 62.0 Å². The average molecular weight is 391 g/mol. The maximum absolute atomic E-state index is 12.7. The second-order valence-corrected chi connectivity index (χ2v) is 7.26. The van der Waals surface area contributed by atoms with Crippen LogP contribution in [-0.2, 0) is 16.0 Å². The summed E-state index contributed by atoms with van der Waals surface area (Å²) >= 11 is 0. The maximum Gasteiger partial charge on any atom is 0.225 e. The number of benzene rings is 1. The zero-order valence-corrected chi connectivity index (χ0v) is 17.7. The summed E-state index contributed by atoms with van der Waals surface area (Å²) in [5.74, 6) is 1.86. The van der Waals surface area contributed by atoms with E-state index in [1.165, 1.54) is 0 Å². The van der Waals surface area contributed by atoms with Crippen molar-refractivity contribution in [2.24, 2.45) is 5.92 Å². The number of carbonyl (C=O) groups excluding carboxylic acids is 2. The van der Waals surface area contributed by atoms with Gasteiger partial charge in [0.1, 0.15) is 0 Å². The number of amides is 2. The van der Waals surface area contributed by atoms with E-state index in [2.05, 4.69) is 13.8 Å². The summed E-state index contributed by atoms with van der Waals surface area (Å²) in [5.41, 5.74) is 1.05. The van der Waals surface area contributed by atoms with Crippen molar-refractivity contribution in [3.05, 3.63) is 23.8 Å². The van der Waals surface area contributed by atoms with Crippen molar-refractivity contribution in [3.63, 3.8) is 0 Å². The minimum absolute atomic E-state index is 0.104. The molecule has 1 fully saturated rings. The van der Waals surface area contributed by atoms with Crippen LogP contribution in [0.2, 0.25) is 0 Å². The molecule has 0 N–H and O–H groups in total. The lowest BCUT2D eigenvalue weighted by atomic mass is 10.0. The minimum Gasteiger partial charge on any atom is -0.493 e. The van der Waals surface area contributed by atoms with Gasteiger partial charge in [0.25, 0.3) is 0 Å². The summed E-state index contributed by atoms with van der Waals surface area (Å²) in [6.07, 6.45) is 3.70. The molecule has 1 heterocycles. The summed E-state index contributed by atoms with van der Waals surface area (Å²) in [6.45, 7) is 6.85. The van der Waals surface area contributed by atoms with E-state index in [1.807, 2.05) is 28.0 Å².